The Balaban J connectivity index is 2.23. The summed E-state index contributed by atoms with van der Waals surface area (Å²) in [6.07, 6.45) is 6.38. The molecule has 0 amide bonds. The highest BCUT2D eigenvalue weighted by atomic mass is 16.3. The first-order chi connectivity index (χ1) is 7.59. The zero-order valence-electron chi connectivity index (χ0n) is 11.1. The van der Waals surface area contributed by atoms with Gasteiger partial charge in [0.2, 0.25) is 0 Å². The molecule has 1 saturated carbocycles. The van der Waals surface area contributed by atoms with Gasteiger partial charge in [-0.3, -0.25) is 0 Å². The number of aliphatic hydroxyl groups excluding tert-OH is 1. The zero-order chi connectivity index (χ0) is 12.0. The highest BCUT2D eigenvalue weighted by Crippen LogP contribution is 2.22. The molecule has 0 spiro atoms. The lowest BCUT2D eigenvalue weighted by Gasteiger charge is -2.33. The molecule has 1 fully saturated rings. The Morgan fingerprint density at radius 2 is 2.06 bits per heavy atom. The van der Waals surface area contributed by atoms with Gasteiger partial charge in [-0.15, -0.1) is 0 Å². The van der Waals surface area contributed by atoms with Gasteiger partial charge in [0.1, 0.15) is 0 Å². The lowest BCUT2D eigenvalue weighted by Crippen LogP contribution is -2.54. The van der Waals surface area contributed by atoms with Crippen molar-refractivity contribution < 1.29 is 5.11 Å². The summed E-state index contributed by atoms with van der Waals surface area (Å²) in [6.45, 7) is 6.65. The second-order valence-corrected chi connectivity index (χ2v) is 5.58. The number of likely N-dealkylation sites (N-methyl/N-ethyl adjacent to an activating group) is 1. The van der Waals surface area contributed by atoms with E-state index in [1.54, 1.807) is 0 Å². The molecular weight excluding hydrogens is 200 g/mol. The molecule has 0 saturated heterocycles. The van der Waals surface area contributed by atoms with Gasteiger partial charge in [-0.1, -0.05) is 19.8 Å². The van der Waals surface area contributed by atoms with E-state index in [0.29, 0.717) is 6.04 Å². The summed E-state index contributed by atoms with van der Waals surface area (Å²) < 4.78 is 0. The van der Waals surface area contributed by atoms with E-state index in [4.69, 9.17) is 0 Å². The fourth-order valence-electron chi connectivity index (χ4n) is 2.17. The summed E-state index contributed by atoms with van der Waals surface area (Å²) in [6, 6.07) is 0.654. The highest BCUT2D eigenvalue weighted by Gasteiger charge is 2.32. The molecule has 96 valence electrons. The molecule has 0 bridgehead atoms. The molecule has 2 N–H and O–H groups in total. The van der Waals surface area contributed by atoms with E-state index in [0.717, 1.165) is 13.1 Å². The standard InChI is InChI=1S/C13H28N2O/c1-4-5-6-9-15(3)10-13(2,11-16)14-12-7-8-12/h12,14,16H,4-11H2,1-3H3. The minimum absolute atomic E-state index is 0.123. The predicted molar refractivity (Wildman–Crippen MR) is 68.7 cm³/mol. The van der Waals surface area contributed by atoms with Crippen LogP contribution in [0.5, 0.6) is 0 Å². The van der Waals surface area contributed by atoms with Gasteiger partial charge in [0.15, 0.2) is 0 Å². The van der Waals surface area contributed by atoms with E-state index in [1.807, 2.05) is 0 Å². The molecule has 3 heteroatoms. The minimum atomic E-state index is -0.123. The van der Waals surface area contributed by atoms with E-state index in [2.05, 4.69) is 31.1 Å². The fourth-order valence-corrected chi connectivity index (χ4v) is 2.17. The average molecular weight is 228 g/mol. The molecule has 1 aliphatic rings. The molecule has 0 aromatic carbocycles. The van der Waals surface area contributed by atoms with Crippen LogP contribution < -0.4 is 5.32 Å². The van der Waals surface area contributed by atoms with Gasteiger partial charge in [0.05, 0.1) is 12.1 Å². The topological polar surface area (TPSA) is 35.5 Å². The number of rotatable bonds is 9. The number of nitrogens with one attached hydrogen (secondary N) is 1. The first-order valence-electron chi connectivity index (χ1n) is 6.67. The maximum Gasteiger partial charge on any atom is 0.0623 e. The molecule has 0 aromatic heterocycles. The molecule has 1 rings (SSSR count). The smallest absolute Gasteiger partial charge is 0.0623 e. The molecule has 1 atom stereocenters. The average Bonchev–Trinajstić information content (AvgIpc) is 3.02. The zero-order valence-corrected chi connectivity index (χ0v) is 11.1. The van der Waals surface area contributed by atoms with Crippen molar-refractivity contribution in [2.75, 3.05) is 26.7 Å². The molecular formula is C13H28N2O. The Labute approximate surface area is 100 Å². The molecule has 0 radical (unpaired) electrons. The van der Waals surface area contributed by atoms with Crippen LogP contribution in [-0.4, -0.2) is 48.3 Å². The molecule has 0 aromatic rings. The number of hydrogen-bond donors (Lipinski definition) is 2. The maximum absolute atomic E-state index is 9.49. The van der Waals surface area contributed by atoms with Crippen LogP contribution in [-0.2, 0) is 0 Å². The van der Waals surface area contributed by atoms with Crippen LogP contribution in [0, 0.1) is 0 Å². The summed E-state index contributed by atoms with van der Waals surface area (Å²) >= 11 is 0. The fraction of sp³-hybridized carbons (Fsp3) is 1.00. The van der Waals surface area contributed by atoms with Crippen molar-refractivity contribution in [2.24, 2.45) is 0 Å². The predicted octanol–water partition coefficient (Wildman–Crippen LogP) is 1.61. The van der Waals surface area contributed by atoms with Crippen molar-refractivity contribution in [3.63, 3.8) is 0 Å². The van der Waals surface area contributed by atoms with Gasteiger partial charge in [-0.2, -0.15) is 0 Å². The normalized spacial score (nSPS) is 20.1. The van der Waals surface area contributed by atoms with Crippen LogP contribution in [0.15, 0.2) is 0 Å². The third-order valence-electron chi connectivity index (χ3n) is 3.24. The van der Waals surface area contributed by atoms with Crippen molar-refractivity contribution in [3.05, 3.63) is 0 Å². The Kier molecular flexibility index (Phi) is 5.73. The van der Waals surface area contributed by atoms with E-state index in [-0.39, 0.29) is 12.1 Å². The lowest BCUT2D eigenvalue weighted by atomic mass is 10.0. The van der Waals surface area contributed by atoms with E-state index in [9.17, 15) is 5.11 Å². The van der Waals surface area contributed by atoms with Crippen LogP contribution in [0.1, 0.15) is 46.0 Å². The van der Waals surface area contributed by atoms with Gasteiger partial charge in [-0.25, -0.2) is 0 Å². The molecule has 1 aliphatic carbocycles. The Hall–Kier alpha value is -0.120. The maximum atomic E-state index is 9.49. The van der Waals surface area contributed by atoms with Gasteiger partial charge in [0.25, 0.3) is 0 Å². The molecule has 16 heavy (non-hydrogen) atoms. The quantitative estimate of drug-likeness (QED) is 0.589. The Morgan fingerprint density at radius 1 is 1.38 bits per heavy atom. The summed E-state index contributed by atoms with van der Waals surface area (Å²) in [4.78, 5) is 2.33. The number of hydrogen-bond acceptors (Lipinski definition) is 3. The Bertz CT molecular complexity index is 194. The van der Waals surface area contributed by atoms with Crippen molar-refractivity contribution in [1.82, 2.24) is 10.2 Å². The van der Waals surface area contributed by atoms with Crippen molar-refractivity contribution in [3.8, 4) is 0 Å². The largest absolute Gasteiger partial charge is 0.394 e. The summed E-state index contributed by atoms with van der Waals surface area (Å²) in [5, 5.41) is 13.0. The highest BCUT2D eigenvalue weighted by molar-refractivity contribution is 4.93. The lowest BCUT2D eigenvalue weighted by molar-refractivity contribution is 0.130. The molecule has 0 heterocycles. The second-order valence-electron chi connectivity index (χ2n) is 5.58. The monoisotopic (exact) mass is 228 g/mol. The molecule has 3 nitrogen and oxygen atoms in total. The van der Waals surface area contributed by atoms with Gasteiger partial charge in [0, 0.05) is 12.6 Å². The second kappa shape index (κ2) is 6.58. The van der Waals surface area contributed by atoms with Gasteiger partial charge < -0.3 is 15.3 Å². The first kappa shape index (κ1) is 13.9. The Morgan fingerprint density at radius 3 is 2.56 bits per heavy atom. The summed E-state index contributed by atoms with van der Waals surface area (Å²) in [5.74, 6) is 0. The SMILES string of the molecule is CCCCCN(C)CC(C)(CO)NC1CC1. The van der Waals surface area contributed by atoms with E-state index >= 15 is 0 Å². The summed E-state index contributed by atoms with van der Waals surface area (Å²) in [5.41, 5.74) is -0.123. The third-order valence-corrected chi connectivity index (χ3v) is 3.24. The van der Waals surface area contributed by atoms with Crippen LogP contribution >= 0.6 is 0 Å². The molecule has 0 aliphatic heterocycles. The van der Waals surface area contributed by atoms with E-state index < -0.39 is 0 Å². The first-order valence-corrected chi connectivity index (χ1v) is 6.67. The van der Waals surface area contributed by atoms with Crippen molar-refractivity contribution in [1.29, 1.82) is 0 Å². The number of nitrogens with zero attached hydrogens (tertiary/aromatic N) is 1. The van der Waals surface area contributed by atoms with Crippen molar-refractivity contribution in [2.45, 2.75) is 57.5 Å². The summed E-state index contributed by atoms with van der Waals surface area (Å²) in [7, 11) is 2.15. The van der Waals surface area contributed by atoms with Crippen LogP contribution in [0.2, 0.25) is 0 Å². The number of unbranched alkanes of at least 4 members (excludes halogenated alkanes) is 2. The van der Waals surface area contributed by atoms with Crippen LogP contribution in [0.25, 0.3) is 0 Å². The van der Waals surface area contributed by atoms with E-state index in [1.165, 1.54) is 32.1 Å². The van der Waals surface area contributed by atoms with Crippen molar-refractivity contribution >= 4 is 0 Å². The number of aliphatic hydroxyl groups is 1. The third kappa shape index (κ3) is 5.28. The van der Waals surface area contributed by atoms with Gasteiger partial charge in [-0.05, 0) is 39.8 Å². The van der Waals surface area contributed by atoms with Crippen LogP contribution in [0.4, 0.5) is 0 Å². The van der Waals surface area contributed by atoms with Crippen LogP contribution in [0.3, 0.4) is 0 Å². The minimum Gasteiger partial charge on any atom is -0.394 e. The van der Waals surface area contributed by atoms with Gasteiger partial charge >= 0.3 is 0 Å². The molecule has 1 unspecified atom stereocenters.